The van der Waals surface area contributed by atoms with Crippen LogP contribution in [-0.4, -0.2) is 64.7 Å². The molecule has 1 unspecified atom stereocenters. The third-order valence-electron chi connectivity index (χ3n) is 5.86. The normalized spacial score (nSPS) is 23.8. The third-order valence-corrected chi connectivity index (χ3v) is 5.86. The minimum absolute atomic E-state index is 0.123. The largest absolute Gasteiger partial charge is 0.480 e. The molecule has 3 heterocycles. The monoisotopic (exact) mass is 387 g/mol. The van der Waals surface area contributed by atoms with Crippen LogP contribution in [0.3, 0.4) is 0 Å². The molecule has 2 atom stereocenters. The number of amides is 2. The van der Waals surface area contributed by atoms with Gasteiger partial charge in [0.25, 0.3) is 0 Å². The average molecular weight is 387 g/mol. The standard InChI is InChI=1S/C20H25N3O5/c1-13(24)23-12-17(9-18(23)19(25)26)28-20(27)22-10-14-4-5-16(8-15(14)11-22)21-6-2-3-7-21/h4-5,8,17-18H,2-3,6-7,9-12H2,1H3,(H,25,26)/t17?,18-/m0/s1. The number of aliphatic carboxylic acids is 1. The highest BCUT2D eigenvalue weighted by atomic mass is 16.6. The van der Waals surface area contributed by atoms with Crippen LogP contribution < -0.4 is 4.90 Å². The second-order valence-corrected chi connectivity index (χ2v) is 7.77. The minimum atomic E-state index is -1.07. The summed E-state index contributed by atoms with van der Waals surface area (Å²) < 4.78 is 5.54. The van der Waals surface area contributed by atoms with E-state index in [-0.39, 0.29) is 18.9 Å². The summed E-state index contributed by atoms with van der Waals surface area (Å²) in [5.41, 5.74) is 3.44. The van der Waals surface area contributed by atoms with Gasteiger partial charge >= 0.3 is 12.1 Å². The van der Waals surface area contributed by atoms with E-state index >= 15 is 0 Å². The first-order valence-electron chi connectivity index (χ1n) is 9.74. The fraction of sp³-hybridized carbons (Fsp3) is 0.550. The van der Waals surface area contributed by atoms with Gasteiger partial charge in [0, 0.05) is 45.2 Å². The van der Waals surface area contributed by atoms with Crippen molar-refractivity contribution in [3.8, 4) is 0 Å². The maximum Gasteiger partial charge on any atom is 0.410 e. The molecule has 3 aliphatic heterocycles. The van der Waals surface area contributed by atoms with Gasteiger partial charge in [-0.25, -0.2) is 9.59 Å². The Labute approximate surface area is 163 Å². The zero-order valence-corrected chi connectivity index (χ0v) is 16.0. The quantitative estimate of drug-likeness (QED) is 0.851. The molecule has 8 heteroatoms. The Morgan fingerprint density at radius 1 is 1.11 bits per heavy atom. The molecule has 0 bridgehead atoms. The summed E-state index contributed by atoms with van der Waals surface area (Å²) in [7, 11) is 0. The van der Waals surface area contributed by atoms with Gasteiger partial charge in [0.05, 0.1) is 6.54 Å². The first kappa shape index (κ1) is 18.6. The number of benzene rings is 1. The van der Waals surface area contributed by atoms with Crippen molar-refractivity contribution in [2.24, 2.45) is 0 Å². The molecule has 0 aromatic heterocycles. The zero-order valence-electron chi connectivity index (χ0n) is 16.0. The highest BCUT2D eigenvalue weighted by Crippen LogP contribution is 2.30. The maximum atomic E-state index is 12.6. The number of nitrogens with zero attached hydrogens (tertiary/aromatic N) is 3. The number of carboxylic acid groups (broad SMARTS) is 1. The van der Waals surface area contributed by atoms with E-state index in [0.717, 1.165) is 24.2 Å². The van der Waals surface area contributed by atoms with Gasteiger partial charge in [-0.2, -0.15) is 0 Å². The van der Waals surface area contributed by atoms with Crippen LogP contribution in [0.4, 0.5) is 10.5 Å². The fourth-order valence-electron chi connectivity index (χ4n) is 4.36. The first-order chi connectivity index (χ1) is 13.4. The molecule has 2 saturated heterocycles. The van der Waals surface area contributed by atoms with E-state index in [2.05, 4.69) is 23.1 Å². The summed E-state index contributed by atoms with van der Waals surface area (Å²) in [6.45, 7) is 4.57. The van der Waals surface area contributed by atoms with Gasteiger partial charge < -0.3 is 19.6 Å². The van der Waals surface area contributed by atoms with Crippen molar-refractivity contribution in [3.05, 3.63) is 29.3 Å². The Hall–Kier alpha value is -2.77. The molecule has 1 N–H and O–H groups in total. The predicted octanol–water partition coefficient (Wildman–Crippen LogP) is 1.81. The number of carbonyl (C=O) groups is 3. The SMILES string of the molecule is CC(=O)N1CC(OC(=O)N2Cc3ccc(N4CCCC4)cc3C2)C[C@H]1C(=O)O. The van der Waals surface area contributed by atoms with Crippen LogP contribution in [0.15, 0.2) is 18.2 Å². The zero-order chi connectivity index (χ0) is 19.8. The lowest BCUT2D eigenvalue weighted by Crippen LogP contribution is -2.39. The Bertz CT molecular complexity index is 783. The highest BCUT2D eigenvalue weighted by Gasteiger charge is 2.41. The van der Waals surface area contributed by atoms with Gasteiger partial charge in [-0.05, 0) is 36.1 Å². The van der Waals surface area contributed by atoms with Gasteiger partial charge in [0.2, 0.25) is 5.91 Å². The molecule has 0 spiro atoms. The lowest BCUT2D eigenvalue weighted by atomic mass is 10.1. The molecular formula is C20H25N3O5. The summed E-state index contributed by atoms with van der Waals surface area (Å²) in [4.78, 5) is 40.8. The summed E-state index contributed by atoms with van der Waals surface area (Å²) in [6.07, 6.45) is 1.50. The third kappa shape index (κ3) is 3.50. The number of carbonyl (C=O) groups excluding carboxylic acids is 2. The van der Waals surface area contributed by atoms with E-state index in [1.165, 1.54) is 30.4 Å². The number of hydrogen-bond donors (Lipinski definition) is 1. The van der Waals surface area contributed by atoms with Crippen LogP contribution in [0.25, 0.3) is 0 Å². The van der Waals surface area contributed by atoms with Crippen molar-refractivity contribution in [1.29, 1.82) is 0 Å². The van der Waals surface area contributed by atoms with Crippen LogP contribution in [0, 0.1) is 0 Å². The Morgan fingerprint density at radius 2 is 1.82 bits per heavy atom. The summed E-state index contributed by atoms with van der Waals surface area (Å²) in [6, 6.07) is 5.40. The van der Waals surface area contributed by atoms with Gasteiger partial charge in [-0.15, -0.1) is 0 Å². The molecular weight excluding hydrogens is 362 g/mol. The van der Waals surface area contributed by atoms with Crippen molar-refractivity contribution in [1.82, 2.24) is 9.80 Å². The number of anilines is 1. The van der Waals surface area contributed by atoms with Crippen molar-refractivity contribution < 1.29 is 24.2 Å². The molecule has 28 heavy (non-hydrogen) atoms. The van der Waals surface area contributed by atoms with Crippen LogP contribution in [0.2, 0.25) is 0 Å². The van der Waals surface area contributed by atoms with Crippen molar-refractivity contribution in [2.45, 2.75) is 51.4 Å². The predicted molar refractivity (Wildman–Crippen MR) is 101 cm³/mol. The van der Waals surface area contributed by atoms with Crippen LogP contribution in [0.5, 0.6) is 0 Å². The van der Waals surface area contributed by atoms with E-state index in [9.17, 15) is 19.5 Å². The van der Waals surface area contributed by atoms with E-state index in [1.54, 1.807) is 4.90 Å². The minimum Gasteiger partial charge on any atom is -0.480 e. The Morgan fingerprint density at radius 3 is 2.46 bits per heavy atom. The number of fused-ring (bicyclic) bond motifs is 1. The molecule has 0 saturated carbocycles. The van der Waals surface area contributed by atoms with Gasteiger partial charge in [0.15, 0.2) is 0 Å². The smallest absolute Gasteiger partial charge is 0.410 e. The van der Waals surface area contributed by atoms with Crippen LogP contribution in [0.1, 0.15) is 37.3 Å². The Kier molecular flexibility index (Phi) is 4.87. The number of ether oxygens (including phenoxy) is 1. The molecule has 3 aliphatic rings. The van der Waals surface area contributed by atoms with E-state index < -0.39 is 24.2 Å². The van der Waals surface area contributed by atoms with E-state index in [1.807, 2.05) is 0 Å². The summed E-state index contributed by atoms with van der Waals surface area (Å²) in [5.74, 6) is -1.40. The second kappa shape index (κ2) is 7.33. The molecule has 1 aromatic rings. The van der Waals surface area contributed by atoms with Crippen molar-refractivity contribution in [3.63, 3.8) is 0 Å². The average Bonchev–Trinajstić information content (AvgIpc) is 3.39. The second-order valence-electron chi connectivity index (χ2n) is 7.77. The molecule has 1 aromatic carbocycles. The topological polar surface area (TPSA) is 90.4 Å². The highest BCUT2D eigenvalue weighted by molar-refractivity contribution is 5.83. The number of likely N-dealkylation sites (tertiary alicyclic amines) is 1. The summed E-state index contributed by atoms with van der Waals surface area (Å²) in [5, 5.41) is 9.28. The molecule has 2 fully saturated rings. The van der Waals surface area contributed by atoms with Gasteiger partial charge in [-0.1, -0.05) is 6.07 Å². The molecule has 150 valence electrons. The number of hydrogen-bond acceptors (Lipinski definition) is 5. The van der Waals surface area contributed by atoms with E-state index in [4.69, 9.17) is 4.74 Å². The van der Waals surface area contributed by atoms with Crippen LogP contribution >= 0.6 is 0 Å². The number of carboxylic acids is 1. The van der Waals surface area contributed by atoms with Gasteiger partial charge in [-0.3, -0.25) is 9.69 Å². The molecule has 8 nitrogen and oxygen atoms in total. The molecule has 4 rings (SSSR count). The van der Waals surface area contributed by atoms with Gasteiger partial charge in [0.1, 0.15) is 12.1 Å². The molecule has 2 amide bonds. The van der Waals surface area contributed by atoms with Crippen molar-refractivity contribution >= 4 is 23.7 Å². The lowest BCUT2D eigenvalue weighted by molar-refractivity contribution is -0.147. The fourth-order valence-corrected chi connectivity index (χ4v) is 4.36. The van der Waals surface area contributed by atoms with E-state index in [0.29, 0.717) is 13.1 Å². The maximum absolute atomic E-state index is 12.6. The molecule has 0 radical (unpaired) electrons. The van der Waals surface area contributed by atoms with Crippen LogP contribution in [-0.2, 0) is 27.4 Å². The lowest BCUT2D eigenvalue weighted by Gasteiger charge is -2.20. The number of rotatable bonds is 3. The van der Waals surface area contributed by atoms with Crippen molar-refractivity contribution in [2.75, 3.05) is 24.5 Å². The first-order valence-corrected chi connectivity index (χ1v) is 9.74. The molecule has 0 aliphatic carbocycles. The Balaban J connectivity index is 1.38. The summed E-state index contributed by atoms with van der Waals surface area (Å²) >= 11 is 0.